The Morgan fingerprint density at radius 3 is 1.17 bits per heavy atom. The molecular formula is C85H68N2. The second-order valence-electron chi connectivity index (χ2n) is 23.4. The first-order valence-electron chi connectivity index (χ1n) is 30.7. The third-order valence-electron chi connectivity index (χ3n) is 17.9. The minimum absolute atomic E-state index is 0.232. The second kappa shape index (κ2) is 23.5. The molecule has 0 heterocycles. The first-order valence-corrected chi connectivity index (χ1v) is 30.7. The molecule has 0 aliphatic heterocycles. The van der Waals surface area contributed by atoms with Gasteiger partial charge in [0, 0.05) is 33.9 Å². The van der Waals surface area contributed by atoms with E-state index < -0.39 is 0 Å². The summed E-state index contributed by atoms with van der Waals surface area (Å²) in [5.74, 6) is 0. The van der Waals surface area contributed by atoms with Crippen LogP contribution in [-0.4, -0.2) is 0 Å². The van der Waals surface area contributed by atoms with Crippen molar-refractivity contribution in [3.8, 4) is 89.0 Å². The molecule has 0 unspecified atom stereocenters. The predicted molar refractivity (Wildman–Crippen MR) is 370 cm³/mol. The van der Waals surface area contributed by atoms with E-state index in [-0.39, 0.29) is 5.41 Å². The van der Waals surface area contributed by atoms with Crippen molar-refractivity contribution in [3.63, 3.8) is 0 Å². The molecule has 1 aliphatic carbocycles. The third kappa shape index (κ3) is 10.4. The average Bonchev–Trinajstić information content (AvgIpc) is 1.87. The normalized spacial score (nSPS) is 12.1. The molecule has 0 spiro atoms. The number of hydrogen-bond acceptors (Lipinski definition) is 2. The number of hydrogen-bond donors (Lipinski definition) is 0. The van der Waals surface area contributed by atoms with Crippen molar-refractivity contribution in [2.24, 2.45) is 0 Å². The molecule has 87 heavy (non-hydrogen) atoms. The molecule has 418 valence electrons. The standard InChI is InChI=1S/C85H68N2/c1-5-59-23-16-17-30-76(59)81-58-74(54-41-60(81)6-2)86(72-52-46-68(47-53-72)78-32-19-18-31-77(78)67-28-14-9-15-29-67)71-48-42-65(43-49-71)63-37-39-66(40-38-63)70-55-69(62-26-12-8-13-27-62)56-75(57-70)87(73-50-44-64(45-51-73)61-24-10-7-11-25-61)83-36-22-34-80-79-33-20-21-35-82(79)85(3,4)84(80)83/h7-58H,5-6H2,1-4H3. The van der Waals surface area contributed by atoms with E-state index in [0.29, 0.717) is 0 Å². The zero-order valence-corrected chi connectivity index (χ0v) is 49.8. The second-order valence-corrected chi connectivity index (χ2v) is 23.4. The van der Waals surface area contributed by atoms with Crippen LogP contribution in [0.4, 0.5) is 34.1 Å². The minimum atomic E-state index is -0.232. The molecule has 13 aromatic rings. The largest absolute Gasteiger partial charge is 0.310 e. The van der Waals surface area contributed by atoms with Crippen LogP contribution in [0.3, 0.4) is 0 Å². The molecule has 0 fully saturated rings. The third-order valence-corrected chi connectivity index (χ3v) is 17.9. The average molecular weight is 1120 g/mol. The topological polar surface area (TPSA) is 6.48 Å². The quantitative estimate of drug-likeness (QED) is 0.101. The highest BCUT2D eigenvalue weighted by molar-refractivity contribution is 5.94. The highest BCUT2D eigenvalue weighted by Gasteiger charge is 2.39. The minimum Gasteiger partial charge on any atom is -0.310 e. The van der Waals surface area contributed by atoms with Crippen molar-refractivity contribution in [2.75, 3.05) is 9.80 Å². The van der Waals surface area contributed by atoms with Crippen LogP contribution in [0.2, 0.25) is 0 Å². The monoisotopic (exact) mass is 1120 g/mol. The lowest BCUT2D eigenvalue weighted by atomic mass is 9.81. The van der Waals surface area contributed by atoms with E-state index in [4.69, 9.17) is 0 Å². The number of nitrogens with zero attached hydrogens (tertiary/aromatic N) is 2. The number of aryl methyl sites for hydroxylation is 2. The van der Waals surface area contributed by atoms with Gasteiger partial charge >= 0.3 is 0 Å². The smallest absolute Gasteiger partial charge is 0.0508 e. The van der Waals surface area contributed by atoms with Crippen LogP contribution in [0, 0.1) is 0 Å². The van der Waals surface area contributed by atoms with Crippen LogP contribution in [0.1, 0.15) is 49.9 Å². The number of anilines is 6. The summed E-state index contributed by atoms with van der Waals surface area (Å²) in [5, 5.41) is 0. The highest BCUT2D eigenvalue weighted by atomic mass is 15.2. The Labute approximate surface area is 513 Å². The van der Waals surface area contributed by atoms with E-state index >= 15 is 0 Å². The van der Waals surface area contributed by atoms with Gasteiger partial charge < -0.3 is 9.80 Å². The number of fused-ring (bicyclic) bond motifs is 3. The van der Waals surface area contributed by atoms with Crippen LogP contribution < -0.4 is 9.80 Å². The van der Waals surface area contributed by atoms with E-state index in [1.807, 2.05) is 0 Å². The van der Waals surface area contributed by atoms with Gasteiger partial charge in [-0.25, -0.2) is 0 Å². The molecule has 0 bridgehead atoms. The summed E-state index contributed by atoms with van der Waals surface area (Å²) < 4.78 is 0. The summed E-state index contributed by atoms with van der Waals surface area (Å²) in [6, 6.07) is 116. The molecule has 2 heteroatoms. The van der Waals surface area contributed by atoms with Crippen LogP contribution in [0.15, 0.2) is 315 Å². The summed E-state index contributed by atoms with van der Waals surface area (Å²) in [6.45, 7) is 9.28. The highest BCUT2D eigenvalue weighted by Crippen LogP contribution is 2.55. The summed E-state index contributed by atoms with van der Waals surface area (Å²) >= 11 is 0. The Hall–Kier alpha value is -10.5. The molecule has 0 amide bonds. The Balaban J connectivity index is 0.844. The molecule has 0 N–H and O–H groups in total. The Morgan fingerprint density at radius 1 is 0.241 bits per heavy atom. The lowest BCUT2D eigenvalue weighted by Gasteiger charge is -2.33. The van der Waals surface area contributed by atoms with Gasteiger partial charge in [0.1, 0.15) is 0 Å². The fourth-order valence-electron chi connectivity index (χ4n) is 13.4. The van der Waals surface area contributed by atoms with Gasteiger partial charge in [0.25, 0.3) is 0 Å². The molecule has 1 aliphatic rings. The summed E-state index contributed by atoms with van der Waals surface area (Å²) in [6.07, 6.45) is 1.92. The van der Waals surface area contributed by atoms with Crippen LogP contribution in [0.5, 0.6) is 0 Å². The molecule has 0 saturated heterocycles. The lowest BCUT2D eigenvalue weighted by Crippen LogP contribution is -2.20. The Morgan fingerprint density at radius 2 is 0.621 bits per heavy atom. The molecule has 0 radical (unpaired) electrons. The van der Waals surface area contributed by atoms with Gasteiger partial charge in [0.2, 0.25) is 0 Å². The maximum absolute atomic E-state index is 2.50. The zero-order chi connectivity index (χ0) is 58.8. The Kier molecular flexibility index (Phi) is 14.7. The predicted octanol–water partition coefficient (Wildman–Crippen LogP) is 23.7. The first kappa shape index (κ1) is 54.4. The van der Waals surface area contributed by atoms with E-state index in [9.17, 15) is 0 Å². The van der Waals surface area contributed by atoms with Crippen LogP contribution >= 0.6 is 0 Å². The number of rotatable bonds is 15. The fraction of sp³-hybridized carbons (Fsp3) is 0.0824. The van der Waals surface area contributed by atoms with E-state index in [2.05, 4.69) is 353 Å². The van der Waals surface area contributed by atoms with Gasteiger partial charge in [-0.1, -0.05) is 270 Å². The maximum Gasteiger partial charge on any atom is 0.0508 e. The molecule has 0 saturated carbocycles. The summed E-state index contributed by atoms with van der Waals surface area (Å²) in [7, 11) is 0. The van der Waals surface area contributed by atoms with Crippen molar-refractivity contribution in [1.29, 1.82) is 0 Å². The van der Waals surface area contributed by atoms with Crippen molar-refractivity contribution in [3.05, 3.63) is 338 Å². The lowest BCUT2D eigenvalue weighted by molar-refractivity contribution is 0.661. The SMILES string of the molecule is CCc1ccccc1-c1cc(N(c2ccc(-c3ccc(-c4cc(-c5ccccc5)cc(N(c5ccc(-c6ccccc6)cc5)c5cccc6c5C(C)(C)c5ccccc5-6)c4)cc3)cc2)c2ccc(-c3ccccc3-c3ccccc3)cc2)ccc1CC. The fourth-order valence-corrected chi connectivity index (χ4v) is 13.4. The molecule has 14 rings (SSSR count). The maximum atomic E-state index is 2.50. The van der Waals surface area contributed by atoms with E-state index in [1.54, 1.807) is 0 Å². The van der Waals surface area contributed by atoms with Gasteiger partial charge in [-0.2, -0.15) is 0 Å². The van der Waals surface area contributed by atoms with Gasteiger partial charge in [0.05, 0.1) is 5.69 Å². The molecule has 0 atom stereocenters. The van der Waals surface area contributed by atoms with Gasteiger partial charge in [-0.15, -0.1) is 0 Å². The van der Waals surface area contributed by atoms with Crippen molar-refractivity contribution < 1.29 is 0 Å². The first-order chi connectivity index (χ1) is 42.8. The summed E-state index contributed by atoms with van der Waals surface area (Å²) in [4.78, 5) is 4.91. The van der Waals surface area contributed by atoms with Crippen molar-refractivity contribution in [1.82, 2.24) is 0 Å². The molecule has 0 aromatic heterocycles. The van der Waals surface area contributed by atoms with Crippen LogP contribution in [0.25, 0.3) is 89.0 Å². The Bertz CT molecular complexity index is 4560. The van der Waals surface area contributed by atoms with Crippen molar-refractivity contribution >= 4 is 34.1 Å². The summed E-state index contributed by atoms with van der Waals surface area (Å²) in [5.41, 5.74) is 31.2. The van der Waals surface area contributed by atoms with Crippen LogP contribution in [-0.2, 0) is 18.3 Å². The van der Waals surface area contributed by atoms with Gasteiger partial charge in [-0.3, -0.25) is 0 Å². The molecule has 13 aromatic carbocycles. The molecule has 2 nitrogen and oxygen atoms in total. The zero-order valence-electron chi connectivity index (χ0n) is 49.8. The van der Waals surface area contributed by atoms with E-state index in [0.717, 1.165) is 69.1 Å². The van der Waals surface area contributed by atoms with E-state index in [1.165, 1.54) is 89.1 Å². The van der Waals surface area contributed by atoms with Crippen molar-refractivity contribution in [2.45, 2.75) is 46.0 Å². The van der Waals surface area contributed by atoms with Gasteiger partial charge in [-0.05, 0) is 197 Å². The molecular weight excluding hydrogens is 1050 g/mol. The number of benzene rings is 13. The van der Waals surface area contributed by atoms with Gasteiger partial charge in [0.15, 0.2) is 0 Å².